The average molecular weight is 443 g/mol. The molecule has 2 aromatic rings. The molecular formula is C24H30N2O4S. The van der Waals surface area contributed by atoms with E-state index in [1.54, 1.807) is 18.2 Å². The molecule has 0 radical (unpaired) electrons. The number of aryl methyl sites for hydroxylation is 1. The van der Waals surface area contributed by atoms with Gasteiger partial charge in [-0.1, -0.05) is 30.3 Å². The lowest BCUT2D eigenvalue weighted by Crippen LogP contribution is -2.48. The summed E-state index contributed by atoms with van der Waals surface area (Å²) in [6.07, 6.45) is 2.91. The molecule has 0 saturated carbocycles. The quantitative estimate of drug-likeness (QED) is 0.771. The number of carbonyl (C=O) groups is 1. The summed E-state index contributed by atoms with van der Waals surface area (Å²) < 4.78 is 33.4. The number of nitrogens with one attached hydrogen (secondary N) is 1. The van der Waals surface area contributed by atoms with Gasteiger partial charge in [0.05, 0.1) is 17.1 Å². The SMILES string of the molecule is CC1CN(S(=O)(=O)c2cccc(C(=O)NCC3CCCc4ccccc43)c2)CC(C)O1. The monoisotopic (exact) mass is 442 g/mol. The summed E-state index contributed by atoms with van der Waals surface area (Å²) in [6, 6.07) is 14.7. The van der Waals surface area contributed by atoms with E-state index in [9.17, 15) is 13.2 Å². The van der Waals surface area contributed by atoms with E-state index in [4.69, 9.17) is 4.74 Å². The zero-order valence-corrected chi connectivity index (χ0v) is 18.9. The number of hydrogen-bond acceptors (Lipinski definition) is 4. The Kier molecular flexibility index (Phi) is 6.46. The van der Waals surface area contributed by atoms with Gasteiger partial charge in [0.2, 0.25) is 10.0 Å². The molecule has 1 fully saturated rings. The number of hydrogen-bond donors (Lipinski definition) is 1. The minimum absolute atomic E-state index is 0.143. The normalized spacial score (nSPS) is 24.4. The van der Waals surface area contributed by atoms with Crippen molar-refractivity contribution in [3.05, 3.63) is 65.2 Å². The highest BCUT2D eigenvalue weighted by Gasteiger charge is 2.32. The van der Waals surface area contributed by atoms with Gasteiger partial charge >= 0.3 is 0 Å². The number of rotatable bonds is 5. The maximum Gasteiger partial charge on any atom is 0.251 e. The lowest BCUT2D eigenvalue weighted by atomic mass is 9.83. The van der Waals surface area contributed by atoms with E-state index >= 15 is 0 Å². The van der Waals surface area contributed by atoms with Gasteiger partial charge in [-0.2, -0.15) is 4.31 Å². The number of benzene rings is 2. The molecule has 4 rings (SSSR count). The van der Waals surface area contributed by atoms with Crippen molar-refractivity contribution in [2.75, 3.05) is 19.6 Å². The number of sulfonamides is 1. The summed E-state index contributed by atoms with van der Waals surface area (Å²) in [4.78, 5) is 13.0. The number of nitrogens with zero attached hydrogens (tertiary/aromatic N) is 1. The number of carbonyl (C=O) groups excluding carboxylic acids is 1. The molecular weight excluding hydrogens is 412 g/mol. The van der Waals surface area contributed by atoms with Crippen LogP contribution in [0, 0.1) is 0 Å². The Morgan fingerprint density at radius 3 is 2.61 bits per heavy atom. The highest BCUT2D eigenvalue weighted by molar-refractivity contribution is 7.89. The summed E-state index contributed by atoms with van der Waals surface area (Å²) in [7, 11) is -3.69. The van der Waals surface area contributed by atoms with E-state index in [0.29, 0.717) is 25.2 Å². The molecule has 1 amide bonds. The molecule has 3 unspecified atom stereocenters. The van der Waals surface area contributed by atoms with Crippen molar-refractivity contribution in [1.82, 2.24) is 9.62 Å². The molecule has 1 aliphatic carbocycles. The fraction of sp³-hybridized carbons (Fsp3) is 0.458. The standard InChI is InChI=1S/C24H30N2O4S/c1-17-15-26(16-18(2)30-17)31(28,29)22-11-6-9-20(13-22)24(27)25-14-21-10-5-8-19-7-3-4-12-23(19)21/h3-4,6-7,9,11-13,17-18,21H,5,8,10,14-16H2,1-2H3,(H,25,27). The van der Waals surface area contributed by atoms with Gasteiger partial charge in [0.25, 0.3) is 5.91 Å². The third-order valence-corrected chi connectivity index (χ3v) is 7.95. The molecule has 0 spiro atoms. The van der Waals surface area contributed by atoms with Crippen molar-refractivity contribution in [3.63, 3.8) is 0 Å². The van der Waals surface area contributed by atoms with E-state index in [0.717, 1.165) is 19.3 Å². The molecule has 0 bridgehead atoms. The van der Waals surface area contributed by atoms with Crippen molar-refractivity contribution in [2.24, 2.45) is 0 Å². The topological polar surface area (TPSA) is 75.7 Å². The molecule has 6 nitrogen and oxygen atoms in total. The number of amides is 1. The van der Waals surface area contributed by atoms with Crippen LogP contribution >= 0.6 is 0 Å². The number of ether oxygens (including phenoxy) is 1. The van der Waals surface area contributed by atoms with Crippen molar-refractivity contribution >= 4 is 15.9 Å². The molecule has 0 aromatic heterocycles. The third kappa shape index (κ3) is 4.84. The highest BCUT2D eigenvalue weighted by atomic mass is 32.2. The van der Waals surface area contributed by atoms with Crippen LogP contribution in [0.4, 0.5) is 0 Å². The molecule has 7 heteroatoms. The van der Waals surface area contributed by atoms with Crippen molar-refractivity contribution in [2.45, 2.75) is 56.1 Å². The second-order valence-corrected chi connectivity index (χ2v) is 10.5. The van der Waals surface area contributed by atoms with Gasteiger partial charge in [0.1, 0.15) is 0 Å². The third-order valence-electron chi connectivity index (χ3n) is 6.12. The van der Waals surface area contributed by atoms with Gasteiger partial charge in [0.15, 0.2) is 0 Å². The molecule has 31 heavy (non-hydrogen) atoms. The Hall–Kier alpha value is -2.22. The first-order valence-electron chi connectivity index (χ1n) is 11.0. The second kappa shape index (κ2) is 9.10. The van der Waals surface area contributed by atoms with Gasteiger partial charge in [-0.25, -0.2) is 8.42 Å². The molecule has 166 valence electrons. The first-order chi connectivity index (χ1) is 14.8. The Morgan fingerprint density at radius 1 is 1.10 bits per heavy atom. The van der Waals surface area contributed by atoms with Crippen LogP contribution in [0.3, 0.4) is 0 Å². The minimum Gasteiger partial charge on any atom is -0.373 e. The largest absolute Gasteiger partial charge is 0.373 e. The van der Waals surface area contributed by atoms with Crippen LogP contribution in [0.2, 0.25) is 0 Å². The van der Waals surface area contributed by atoms with Crippen molar-refractivity contribution in [3.8, 4) is 0 Å². The number of morpholine rings is 1. The molecule has 3 atom stereocenters. The van der Waals surface area contributed by atoms with E-state index in [1.807, 2.05) is 19.9 Å². The van der Waals surface area contributed by atoms with E-state index < -0.39 is 10.0 Å². The second-order valence-electron chi connectivity index (χ2n) is 8.61. The first kappa shape index (κ1) is 22.0. The fourth-order valence-electron chi connectivity index (χ4n) is 4.66. The predicted octanol–water partition coefficient (Wildman–Crippen LogP) is 3.33. The molecule has 1 N–H and O–H groups in total. The first-order valence-corrected chi connectivity index (χ1v) is 12.4. The maximum atomic E-state index is 13.1. The zero-order valence-electron chi connectivity index (χ0n) is 18.1. The molecule has 1 heterocycles. The summed E-state index contributed by atoms with van der Waals surface area (Å²) in [5, 5.41) is 3.01. The van der Waals surface area contributed by atoms with Gasteiger partial charge in [-0.15, -0.1) is 0 Å². The smallest absolute Gasteiger partial charge is 0.251 e. The van der Waals surface area contributed by atoms with Crippen molar-refractivity contribution < 1.29 is 17.9 Å². The van der Waals surface area contributed by atoms with E-state index in [2.05, 4.69) is 23.5 Å². The Labute approximate surface area is 184 Å². The van der Waals surface area contributed by atoms with Gasteiger partial charge in [-0.3, -0.25) is 4.79 Å². The molecule has 2 aromatic carbocycles. The minimum atomic E-state index is -3.69. The lowest BCUT2D eigenvalue weighted by Gasteiger charge is -2.34. The lowest BCUT2D eigenvalue weighted by molar-refractivity contribution is -0.0440. The summed E-state index contributed by atoms with van der Waals surface area (Å²) in [6.45, 7) is 4.90. The van der Waals surface area contributed by atoms with Crippen molar-refractivity contribution in [1.29, 1.82) is 0 Å². The van der Waals surface area contributed by atoms with Gasteiger partial charge in [-0.05, 0) is 62.4 Å². The van der Waals surface area contributed by atoms with Gasteiger partial charge in [0, 0.05) is 31.1 Å². The maximum absolute atomic E-state index is 13.1. The van der Waals surface area contributed by atoms with E-state index in [1.165, 1.54) is 21.5 Å². The average Bonchev–Trinajstić information content (AvgIpc) is 2.77. The Balaban J connectivity index is 1.46. The molecule has 1 saturated heterocycles. The highest BCUT2D eigenvalue weighted by Crippen LogP contribution is 2.31. The van der Waals surface area contributed by atoms with Crippen LogP contribution in [-0.2, 0) is 21.2 Å². The molecule has 1 aliphatic heterocycles. The van der Waals surface area contributed by atoms with Crippen LogP contribution < -0.4 is 5.32 Å². The number of fused-ring (bicyclic) bond motifs is 1. The Bertz CT molecular complexity index is 1040. The fourth-order valence-corrected chi connectivity index (χ4v) is 6.30. The summed E-state index contributed by atoms with van der Waals surface area (Å²) >= 11 is 0. The predicted molar refractivity (Wildman–Crippen MR) is 120 cm³/mol. The Morgan fingerprint density at radius 2 is 1.84 bits per heavy atom. The van der Waals surface area contributed by atoms with Crippen LogP contribution in [0.5, 0.6) is 0 Å². The molecule has 2 aliphatic rings. The van der Waals surface area contributed by atoms with Crippen LogP contribution in [0.1, 0.15) is 54.1 Å². The van der Waals surface area contributed by atoms with Gasteiger partial charge < -0.3 is 10.1 Å². The summed E-state index contributed by atoms with van der Waals surface area (Å²) in [5.74, 6) is 0.0426. The van der Waals surface area contributed by atoms with E-state index in [-0.39, 0.29) is 28.9 Å². The van der Waals surface area contributed by atoms with Crippen LogP contribution in [0.15, 0.2) is 53.4 Å². The summed E-state index contributed by atoms with van der Waals surface area (Å²) in [5.41, 5.74) is 3.02. The zero-order chi connectivity index (χ0) is 22.0. The van der Waals surface area contributed by atoms with Crippen LogP contribution in [-0.4, -0.2) is 50.5 Å². The van der Waals surface area contributed by atoms with Crippen LogP contribution in [0.25, 0.3) is 0 Å².